The highest BCUT2D eigenvalue weighted by Gasteiger charge is 2.42. The van der Waals surface area contributed by atoms with E-state index in [-0.39, 0.29) is 24.1 Å². The number of anilines is 2. The van der Waals surface area contributed by atoms with Gasteiger partial charge in [-0.05, 0) is 62.4 Å². The Morgan fingerprint density at radius 1 is 1.12 bits per heavy atom. The second kappa shape index (κ2) is 8.92. The molecule has 1 aliphatic heterocycles. The molecular formula is C24H27F2N5O2. The van der Waals surface area contributed by atoms with E-state index in [1.807, 2.05) is 18.4 Å². The van der Waals surface area contributed by atoms with Crippen LogP contribution >= 0.6 is 0 Å². The number of carbonyl (C=O) groups excluding carboxylic acids is 1. The van der Waals surface area contributed by atoms with Gasteiger partial charge in [-0.15, -0.1) is 0 Å². The van der Waals surface area contributed by atoms with Crippen LogP contribution in [0.25, 0.3) is 11.3 Å². The Labute approximate surface area is 191 Å². The molecule has 1 aromatic heterocycles. The first-order chi connectivity index (χ1) is 15.7. The number of methoxy groups -OCH3 is 1. The smallest absolute Gasteiger partial charge is 0.242 e. The number of rotatable bonds is 6. The first-order valence-electron chi connectivity index (χ1n) is 10.7. The maximum Gasteiger partial charge on any atom is 0.242 e. The number of nitrogens with two attached hydrogens (primary N) is 1. The number of halogens is 2. The lowest BCUT2D eigenvalue weighted by Crippen LogP contribution is -2.57. The molecule has 0 aliphatic carbocycles. The number of aromatic nitrogens is 2. The van der Waals surface area contributed by atoms with Crippen molar-refractivity contribution in [2.24, 2.45) is 5.73 Å². The molecule has 2 aromatic carbocycles. The molecule has 0 bridgehead atoms. The van der Waals surface area contributed by atoms with Crippen molar-refractivity contribution in [3.8, 4) is 11.3 Å². The van der Waals surface area contributed by atoms with Crippen molar-refractivity contribution in [3.63, 3.8) is 0 Å². The molecule has 0 radical (unpaired) electrons. The lowest BCUT2D eigenvalue weighted by molar-refractivity contribution is -0.141. The molecule has 0 fully saturated rings. The van der Waals surface area contributed by atoms with E-state index in [1.54, 1.807) is 29.2 Å². The fraction of sp³-hybridized carbons (Fsp3) is 0.333. The molecule has 3 aromatic rings. The van der Waals surface area contributed by atoms with E-state index in [0.717, 1.165) is 0 Å². The van der Waals surface area contributed by atoms with Crippen LogP contribution in [-0.2, 0) is 21.6 Å². The number of hydrogen-bond donors (Lipinski definition) is 2. The minimum atomic E-state index is -0.774. The number of amides is 1. The third kappa shape index (κ3) is 4.34. The van der Waals surface area contributed by atoms with E-state index in [4.69, 9.17) is 15.5 Å². The van der Waals surface area contributed by atoms with Gasteiger partial charge in [0.1, 0.15) is 35.0 Å². The predicted molar refractivity (Wildman–Crippen MR) is 122 cm³/mol. The third-order valence-corrected chi connectivity index (χ3v) is 5.89. The van der Waals surface area contributed by atoms with Crippen LogP contribution in [-0.4, -0.2) is 46.7 Å². The van der Waals surface area contributed by atoms with Gasteiger partial charge in [0, 0.05) is 31.5 Å². The van der Waals surface area contributed by atoms with Gasteiger partial charge in [0.15, 0.2) is 0 Å². The molecule has 33 heavy (non-hydrogen) atoms. The molecule has 9 heteroatoms. The lowest BCUT2D eigenvalue weighted by Gasteiger charge is -2.43. The van der Waals surface area contributed by atoms with Crippen molar-refractivity contribution in [2.75, 3.05) is 25.6 Å². The monoisotopic (exact) mass is 455 g/mol. The number of benzene rings is 2. The number of nitrogens with zero attached hydrogens (tertiary/aromatic N) is 3. The largest absolute Gasteiger partial charge is 0.383 e. The molecule has 0 spiro atoms. The van der Waals surface area contributed by atoms with E-state index in [0.29, 0.717) is 41.7 Å². The van der Waals surface area contributed by atoms with E-state index >= 15 is 0 Å². The fourth-order valence-electron chi connectivity index (χ4n) is 4.18. The van der Waals surface area contributed by atoms with Gasteiger partial charge in [-0.2, -0.15) is 0 Å². The van der Waals surface area contributed by atoms with E-state index in [2.05, 4.69) is 5.32 Å². The number of fused-ring (bicyclic) bond motifs is 1. The van der Waals surface area contributed by atoms with Gasteiger partial charge in [0.2, 0.25) is 5.91 Å². The summed E-state index contributed by atoms with van der Waals surface area (Å²) in [6, 6.07) is 11.3. The summed E-state index contributed by atoms with van der Waals surface area (Å²) >= 11 is 0. The molecule has 1 atom stereocenters. The van der Waals surface area contributed by atoms with Crippen LogP contribution < -0.4 is 11.1 Å². The Morgan fingerprint density at radius 3 is 2.33 bits per heavy atom. The Morgan fingerprint density at radius 2 is 1.73 bits per heavy atom. The van der Waals surface area contributed by atoms with Gasteiger partial charge >= 0.3 is 0 Å². The van der Waals surface area contributed by atoms with Gasteiger partial charge in [-0.3, -0.25) is 4.79 Å². The third-order valence-electron chi connectivity index (χ3n) is 5.89. The maximum absolute atomic E-state index is 13.6. The molecule has 1 amide bonds. The minimum absolute atomic E-state index is 0.123. The van der Waals surface area contributed by atoms with Crippen molar-refractivity contribution < 1.29 is 18.3 Å². The quantitative estimate of drug-likeness (QED) is 0.593. The number of carbonyl (C=O) groups is 1. The summed E-state index contributed by atoms with van der Waals surface area (Å²) < 4.78 is 34.1. The molecule has 174 valence electrons. The Bertz CT molecular complexity index is 1140. The Kier molecular flexibility index (Phi) is 6.18. The molecule has 2 heterocycles. The Balaban J connectivity index is 1.80. The molecule has 0 saturated heterocycles. The summed E-state index contributed by atoms with van der Waals surface area (Å²) in [5.41, 5.74) is 7.27. The molecular weight excluding hydrogens is 428 g/mol. The SMILES string of the molecule is COC[C@H](N)C(=O)N1CCn2c(nc(-c3ccc(F)cc3)c2Nc2ccc(F)cc2)C1(C)C. The predicted octanol–water partition coefficient (Wildman–Crippen LogP) is 3.62. The second-order valence-corrected chi connectivity index (χ2v) is 8.53. The van der Waals surface area contributed by atoms with Crippen molar-refractivity contribution in [1.82, 2.24) is 14.5 Å². The van der Waals surface area contributed by atoms with Crippen LogP contribution in [0.2, 0.25) is 0 Å². The molecule has 4 rings (SSSR count). The summed E-state index contributed by atoms with van der Waals surface area (Å²) in [5, 5.41) is 3.34. The molecule has 0 unspecified atom stereocenters. The van der Waals surface area contributed by atoms with E-state index in [1.165, 1.54) is 31.4 Å². The average molecular weight is 456 g/mol. The highest BCUT2D eigenvalue weighted by atomic mass is 19.1. The zero-order valence-corrected chi connectivity index (χ0v) is 18.8. The van der Waals surface area contributed by atoms with Crippen LogP contribution in [0.4, 0.5) is 20.3 Å². The zero-order chi connectivity index (χ0) is 23.8. The second-order valence-electron chi connectivity index (χ2n) is 8.53. The van der Waals surface area contributed by atoms with Crippen molar-refractivity contribution in [3.05, 3.63) is 66.0 Å². The van der Waals surface area contributed by atoms with Gasteiger partial charge in [-0.25, -0.2) is 13.8 Å². The normalized spacial score (nSPS) is 15.8. The van der Waals surface area contributed by atoms with Crippen molar-refractivity contribution in [2.45, 2.75) is 32.0 Å². The topological polar surface area (TPSA) is 85.4 Å². The first-order valence-corrected chi connectivity index (χ1v) is 10.7. The molecule has 7 nitrogen and oxygen atoms in total. The maximum atomic E-state index is 13.6. The van der Waals surface area contributed by atoms with Crippen LogP contribution in [0.1, 0.15) is 19.7 Å². The zero-order valence-electron chi connectivity index (χ0n) is 18.8. The summed E-state index contributed by atoms with van der Waals surface area (Å²) in [6.07, 6.45) is 0. The Hall–Kier alpha value is -3.30. The highest BCUT2D eigenvalue weighted by Crippen LogP contribution is 2.39. The van der Waals surface area contributed by atoms with Gasteiger partial charge in [0.05, 0.1) is 12.1 Å². The number of imidazole rings is 1. The first kappa shape index (κ1) is 22.9. The summed E-state index contributed by atoms with van der Waals surface area (Å²) in [4.78, 5) is 19.6. The standard InChI is InChI=1S/C24H27F2N5O2/c1-24(2)23-29-20(15-4-6-16(25)7-5-15)21(28-18-10-8-17(26)9-11-18)30(23)12-13-31(24)22(32)19(27)14-33-3/h4-11,19,28H,12-14,27H2,1-3H3/t19-/m0/s1. The van der Waals surface area contributed by atoms with Crippen LogP contribution in [0.5, 0.6) is 0 Å². The summed E-state index contributed by atoms with van der Waals surface area (Å²) in [6.45, 7) is 4.85. The van der Waals surface area contributed by atoms with E-state index in [9.17, 15) is 13.6 Å². The lowest BCUT2D eigenvalue weighted by atomic mass is 9.98. The number of ether oxygens (including phenoxy) is 1. The van der Waals surface area contributed by atoms with Crippen LogP contribution in [0, 0.1) is 11.6 Å². The van der Waals surface area contributed by atoms with Crippen molar-refractivity contribution in [1.29, 1.82) is 0 Å². The van der Waals surface area contributed by atoms with Crippen molar-refractivity contribution >= 4 is 17.4 Å². The minimum Gasteiger partial charge on any atom is -0.383 e. The number of hydrogen-bond acceptors (Lipinski definition) is 5. The highest BCUT2D eigenvalue weighted by molar-refractivity contribution is 5.83. The van der Waals surface area contributed by atoms with Crippen LogP contribution in [0.3, 0.4) is 0 Å². The summed E-state index contributed by atoms with van der Waals surface area (Å²) in [5.74, 6) is 0.449. The summed E-state index contributed by atoms with van der Waals surface area (Å²) in [7, 11) is 1.50. The fourth-order valence-corrected chi connectivity index (χ4v) is 4.18. The number of nitrogens with one attached hydrogen (secondary N) is 1. The molecule has 3 N–H and O–H groups in total. The van der Waals surface area contributed by atoms with Gasteiger partial charge in [0.25, 0.3) is 0 Å². The van der Waals surface area contributed by atoms with Crippen LogP contribution in [0.15, 0.2) is 48.5 Å². The van der Waals surface area contributed by atoms with Gasteiger partial charge in [-0.1, -0.05) is 0 Å². The average Bonchev–Trinajstić information content (AvgIpc) is 3.15. The van der Waals surface area contributed by atoms with E-state index < -0.39 is 11.6 Å². The molecule has 1 aliphatic rings. The molecule has 0 saturated carbocycles. The van der Waals surface area contributed by atoms with Gasteiger partial charge < -0.3 is 25.3 Å².